The molecule has 4 nitrogen and oxygen atoms in total. The zero-order chi connectivity index (χ0) is 16.2. The third-order valence-electron chi connectivity index (χ3n) is 4.24. The molecule has 0 radical (unpaired) electrons. The summed E-state index contributed by atoms with van der Waals surface area (Å²) in [6.07, 6.45) is 0.356. The maximum atomic E-state index is 12.9. The minimum atomic E-state index is -0.380. The van der Waals surface area contributed by atoms with Gasteiger partial charge in [-0.05, 0) is 31.0 Å². The first-order valence-corrected chi connectivity index (χ1v) is 7.98. The van der Waals surface area contributed by atoms with E-state index >= 15 is 0 Å². The van der Waals surface area contributed by atoms with Crippen LogP contribution >= 0.6 is 0 Å². The Labute approximate surface area is 136 Å². The van der Waals surface area contributed by atoms with Gasteiger partial charge in [0.25, 0.3) is 0 Å². The van der Waals surface area contributed by atoms with E-state index < -0.39 is 0 Å². The van der Waals surface area contributed by atoms with Crippen LogP contribution in [0, 0.1) is 6.92 Å². The summed E-state index contributed by atoms with van der Waals surface area (Å²) in [5, 5.41) is 12.8. The first kappa shape index (κ1) is 15.7. The van der Waals surface area contributed by atoms with Crippen LogP contribution in [0.4, 0.5) is 5.69 Å². The lowest BCUT2D eigenvalue weighted by molar-refractivity contribution is -0.121. The highest BCUT2D eigenvalue weighted by molar-refractivity contribution is 5.95. The van der Waals surface area contributed by atoms with Crippen molar-refractivity contribution >= 4 is 11.6 Å². The fourth-order valence-corrected chi connectivity index (χ4v) is 3.01. The summed E-state index contributed by atoms with van der Waals surface area (Å²) in [6.45, 7) is 3.27. The van der Waals surface area contributed by atoms with Crippen molar-refractivity contribution in [2.24, 2.45) is 0 Å². The number of nitrogens with zero attached hydrogens (tertiary/aromatic N) is 1. The smallest absolute Gasteiger partial charge is 0.246 e. The SMILES string of the molecule is Cc1ccc(NC(=O)C(c2ccccc2)N2CC[C@H](O)C2)cc1. The predicted molar refractivity (Wildman–Crippen MR) is 91.2 cm³/mol. The zero-order valence-corrected chi connectivity index (χ0v) is 13.3. The quantitative estimate of drug-likeness (QED) is 0.913. The van der Waals surface area contributed by atoms with Crippen molar-refractivity contribution in [1.82, 2.24) is 4.90 Å². The Morgan fingerprint density at radius 2 is 1.87 bits per heavy atom. The summed E-state index contributed by atoms with van der Waals surface area (Å²) < 4.78 is 0. The number of likely N-dealkylation sites (tertiary alicyclic amines) is 1. The standard InChI is InChI=1S/C19H22N2O2/c1-14-7-9-16(10-8-14)20-19(23)18(15-5-3-2-4-6-15)21-12-11-17(22)13-21/h2-10,17-18,22H,11-13H2,1H3,(H,20,23)/t17-,18?/m0/s1. The number of β-amino-alcohol motifs (C(OH)–C–C–N with tert-alkyl or cyclic N) is 1. The Kier molecular flexibility index (Phi) is 4.74. The van der Waals surface area contributed by atoms with Crippen LogP contribution in [-0.4, -0.2) is 35.1 Å². The number of anilines is 1. The van der Waals surface area contributed by atoms with Crippen LogP contribution in [0.5, 0.6) is 0 Å². The highest BCUT2D eigenvalue weighted by Gasteiger charge is 2.32. The van der Waals surface area contributed by atoms with Gasteiger partial charge in [0.1, 0.15) is 6.04 Å². The fourth-order valence-electron chi connectivity index (χ4n) is 3.01. The molecule has 1 heterocycles. The van der Waals surface area contributed by atoms with Gasteiger partial charge in [0.15, 0.2) is 0 Å². The predicted octanol–water partition coefficient (Wildman–Crippen LogP) is 2.74. The molecule has 1 aliphatic heterocycles. The minimum absolute atomic E-state index is 0.0610. The number of carbonyl (C=O) groups excluding carboxylic acids is 1. The third-order valence-corrected chi connectivity index (χ3v) is 4.24. The lowest BCUT2D eigenvalue weighted by Gasteiger charge is -2.27. The summed E-state index contributed by atoms with van der Waals surface area (Å²) in [5.74, 6) is -0.0610. The number of aryl methyl sites for hydroxylation is 1. The first-order valence-electron chi connectivity index (χ1n) is 7.98. The highest BCUT2D eigenvalue weighted by Crippen LogP contribution is 2.26. The van der Waals surface area contributed by atoms with Crippen molar-refractivity contribution < 1.29 is 9.90 Å². The summed E-state index contributed by atoms with van der Waals surface area (Å²) in [7, 11) is 0. The monoisotopic (exact) mass is 310 g/mol. The molecule has 2 N–H and O–H groups in total. The van der Waals surface area contributed by atoms with Crippen LogP contribution in [0.25, 0.3) is 0 Å². The maximum Gasteiger partial charge on any atom is 0.246 e. The van der Waals surface area contributed by atoms with Crippen molar-refractivity contribution in [3.63, 3.8) is 0 Å². The van der Waals surface area contributed by atoms with Crippen molar-refractivity contribution in [2.45, 2.75) is 25.5 Å². The Morgan fingerprint density at radius 1 is 1.17 bits per heavy atom. The number of aliphatic hydroxyl groups excluding tert-OH is 1. The van der Waals surface area contributed by atoms with Gasteiger partial charge in [0, 0.05) is 18.8 Å². The first-order chi connectivity index (χ1) is 11.1. The number of carbonyl (C=O) groups is 1. The fraction of sp³-hybridized carbons (Fsp3) is 0.316. The molecule has 0 aliphatic carbocycles. The van der Waals surface area contributed by atoms with Crippen molar-refractivity contribution in [1.29, 1.82) is 0 Å². The van der Waals surface area contributed by atoms with Gasteiger partial charge in [-0.15, -0.1) is 0 Å². The molecule has 1 fully saturated rings. The van der Waals surface area contributed by atoms with E-state index in [1.807, 2.05) is 66.4 Å². The number of hydrogen-bond donors (Lipinski definition) is 2. The van der Waals surface area contributed by atoms with E-state index in [4.69, 9.17) is 0 Å². The number of aliphatic hydroxyl groups is 1. The van der Waals surface area contributed by atoms with Gasteiger partial charge in [0.05, 0.1) is 6.10 Å². The normalized spacial score (nSPS) is 19.5. The number of rotatable bonds is 4. The molecule has 3 rings (SSSR count). The van der Waals surface area contributed by atoms with Crippen LogP contribution < -0.4 is 5.32 Å². The van der Waals surface area contributed by atoms with Crippen molar-refractivity contribution in [2.75, 3.05) is 18.4 Å². The van der Waals surface area contributed by atoms with Gasteiger partial charge in [-0.3, -0.25) is 9.69 Å². The average Bonchev–Trinajstić information content (AvgIpc) is 2.97. The van der Waals surface area contributed by atoms with Crippen molar-refractivity contribution in [3.05, 3.63) is 65.7 Å². The van der Waals surface area contributed by atoms with Crippen molar-refractivity contribution in [3.8, 4) is 0 Å². The van der Waals surface area contributed by atoms with E-state index in [2.05, 4.69) is 5.32 Å². The topological polar surface area (TPSA) is 52.6 Å². The molecule has 2 atom stereocenters. The second-order valence-corrected chi connectivity index (χ2v) is 6.11. The zero-order valence-electron chi connectivity index (χ0n) is 13.3. The number of hydrogen-bond acceptors (Lipinski definition) is 3. The molecule has 4 heteroatoms. The molecule has 1 aliphatic rings. The van der Waals surface area contributed by atoms with Crippen LogP contribution in [0.1, 0.15) is 23.6 Å². The van der Waals surface area contributed by atoms with E-state index in [0.717, 1.165) is 23.4 Å². The van der Waals surface area contributed by atoms with Gasteiger partial charge in [-0.25, -0.2) is 0 Å². The average molecular weight is 310 g/mol. The summed E-state index contributed by atoms with van der Waals surface area (Å²) >= 11 is 0. The number of amides is 1. The maximum absolute atomic E-state index is 12.9. The van der Waals surface area contributed by atoms with E-state index in [-0.39, 0.29) is 18.1 Å². The highest BCUT2D eigenvalue weighted by atomic mass is 16.3. The molecular formula is C19H22N2O2. The van der Waals surface area contributed by atoms with Gasteiger partial charge in [-0.2, -0.15) is 0 Å². The molecule has 2 aromatic rings. The van der Waals surface area contributed by atoms with Crippen LogP contribution in [0.3, 0.4) is 0 Å². The Hall–Kier alpha value is -2.17. The van der Waals surface area contributed by atoms with E-state index in [0.29, 0.717) is 13.0 Å². The molecule has 0 aromatic heterocycles. The number of benzene rings is 2. The molecule has 0 bridgehead atoms. The van der Waals surface area contributed by atoms with Gasteiger partial charge >= 0.3 is 0 Å². The summed E-state index contributed by atoms with van der Waals surface area (Å²) in [5.41, 5.74) is 2.90. The minimum Gasteiger partial charge on any atom is -0.392 e. The Balaban J connectivity index is 1.82. The Morgan fingerprint density at radius 3 is 2.48 bits per heavy atom. The Bertz CT molecular complexity index is 655. The molecule has 1 saturated heterocycles. The van der Waals surface area contributed by atoms with E-state index in [9.17, 15) is 9.90 Å². The second-order valence-electron chi connectivity index (χ2n) is 6.11. The van der Waals surface area contributed by atoms with Crippen LogP contribution in [0.2, 0.25) is 0 Å². The molecule has 2 aromatic carbocycles. The number of nitrogens with one attached hydrogen (secondary N) is 1. The molecule has 23 heavy (non-hydrogen) atoms. The largest absolute Gasteiger partial charge is 0.392 e. The van der Waals surface area contributed by atoms with Crippen LogP contribution in [-0.2, 0) is 4.79 Å². The molecule has 1 unspecified atom stereocenters. The van der Waals surface area contributed by atoms with Crippen LogP contribution in [0.15, 0.2) is 54.6 Å². The second kappa shape index (κ2) is 6.94. The van der Waals surface area contributed by atoms with Gasteiger partial charge < -0.3 is 10.4 Å². The summed E-state index contributed by atoms with van der Waals surface area (Å²) in [6, 6.07) is 17.1. The van der Waals surface area contributed by atoms with Gasteiger partial charge in [0.2, 0.25) is 5.91 Å². The molecular weight excluding hydrogens is 288 g/mol. The van der Waals surface area contributed by atoms with Gasteiger partial charge in [-0.1, -0.05) is 48.0 Å². The third kappa shape index (κ3) is 3.78. The molecule has 1 amide bonds. The lowest BCUT2D eigenvalue weighted by atomic mass is 10.0. The molecule has 0 saturated carbocycles. The van der Waals surface area contributed by atoms with E-state index in [1.165, 1.54) is 0 Å². The molecule has 0 spiro atoms. The van der Waals surface area contributed by atoms with E-state index in [1.54, 1.807) is 0 Å². The summed E-state index contributed by atoms with van der Waals surface area (Å²) in [4.78, 5) is 14.9. The lowest BCUT2D eigenvalue weighted by Crippen LogP contribution is -2.36. The molecule has 120 valence electrons.